The van der Waals surface area contributed by atoms with Crippen LogP contribution in [0.4, 0.5) is 17.6 Å². The summed E-state index contributed by atoms with van der Waals surface area (Å²) in [4.78, 5) is 25.2. The van der Waals surface area contributed by atoms with Gasteiger partial charge in [-0.25, -0.2) is 9.97 Å². The molecular formula is C40H36F4N4O6. The molecule has 8 rings (SSSR count). The summed E-state index contributed by atoms with van der Waals surface area (Å²) >= 11 is 0. The third-order valence-electron chi connectivity index (χ3n) is 10.4. The van der Waals surface area contributed by atoms with Crippen molar-refractivity contribution < 1.29 is 45.8 Å². The number of carboxylic acid groups (broad SMARTS) is 1. The largest absolute Gasteiger partial charge is 0.480 e. The van der Waals surface area contributed by atoms with Crippen molar-refractivity contribution in [3.8, 4) is 45.5 Å². The Morgan fingerprint density at radius 2 is 1.26 bits per heavy atom. The summed E-state index contributed by atoms with van der Waals surface area (Å²) in [6.45, 7) is 0.700. The molecule has 4 heterocycles. The second-order valence-electron chi connectivity index (χ2n) is 13.7. The molecule has 0 unspecified atom stereocenters. The molecule has 54 heavy (non-hydrogen) atoms. The molecule has 1 atom stereocenters. The van der Waals surface area contributed by atoms with Crippen LogP contribution in [0.3, 0.4) is 0 Å². The third kappa shape index (κ3) is 6.87. The van der Waals surface area contributed by atoms with Gasteiger partial charge >= 0.3 is 19.2 Å². The van der Waals surface area contributed by atoms with Crippen molar-refractivity contribution in [3.63, 3.8) is 0 Å². The van der Waals surface area contributed by atoms with Gasteiger partial charge in [-0.05, 0) is 99.3 Å². The van der Waals surface area contributed by atoms with Crippen LogP contribution in [0.1, 0.15) is 41.5 Å². The second kappa shape index (κ2) is 14.4. The predicted molar refractivity (Wildman–Crippen MR) is 192 cm³/mol. The summed E-state index contributed by atoms with van der Waals surface area (Å²) < 4.78 is 75.6. The average Bonchev–Trinajstić information content (AvgIpc) is 3.85. The first-order chi connectivity index (χ1) is 26.0. The highest BCUT2D eigenvalue weighted by molar-refractivity contribution is 5.85. The van der Waals surface area contributed by atoms with Gasteiger partial charge in [-0.3, -0.25) is 14.6 Å². The molecule has 4 aromatic carbocycles. The van der Waals surface area contributed by atoms with E-state index in [0.717, 1.165) is 47.3 Å². The van der Waals surface area contributed by atoms with Crippen molar-refractivity contribution in [1.82, 2.24) is 19.8 Å². The van der Waals surface area contributed by atoms with Crippen molar-refractivity contribution in [2.24, 2.45) is 0 Å². The number of oxazole rings is 2. The Kier molecular flexibility index (Phi) is 9.48. The molecule has 0 aliphatic carbocycles. The second-order valence-corrected chi connectivity index (χ2v) is 13.7. The Morgan fingerprint density at radius 1 is 0.759 bits per heavy atom. The quantitative estimate of drug-likeness (QED) is 0.122. The van der Waals surface area contributed by atoms with E-state index in [4.69, 9.17) is 28.3 Å². The molecule has 0 spiro atoms. The van der Waals surface area contributed by atoms with Crippen LogP contribution in [0, 0.1) is 13.8 Å². The van der Waals surface area contributed by atoms with Crippen molar-refractivity contribution in [2.45, 2.75) is 65.5 Å². The Balaban J connectivity index is 1.13. The molecule has 0 amide bonds. The molecule has 6 aromatic rings. The zero-order valence-corrected chi connectivity index (χ0v) is 29.5. The number of ether oxygens (including phenoxy) is 2. The lowest BCUT2D eigenvalue weighted by Crippen LogP contribution is -2.36. The molecule has 2 fully saturated rings. The first-order valence-electron chi connectivity index (χ1n) is 17.7. The third-order valence-corrected chi connectivity index (χ3v) is 10.4. The fourth-order valence-corrected chi connectivity index (χ4v) is 7.50. The number of aliphatic carboxylic acids is 1. The van der Waals surface area contributed by atoms with Crippen molar-refractivity contribution in [2.75, 3.05) is 19.6 Å². The maximum atomic E-state index is 13.5. The van der Waals surface area contributed by atoms with E-state index in [1.165, 1.54) is 12.1 Å². The molecule has 10 nitrogen and oxygen atoms in total. The number of nitrogens with zero attached hydrogens (tertiary/aromatic N) is 4. The summed E-state index contributed by atoms with van der Waals surface area (Å²) in [6.07, 6.45) is 2.22. The van der Waals surface area contributed by atoms with E-state index < -0.39 is 25.2 Å². The Bertz CT molecular complexity index is 2370. The number of rotatable bonds is 12. The first kappa shape index (κ1) is 35.6. The van der Waals surface area contributed by atoms with Crippen molar-refractivity contribution in [3.05, 3.63) is 82.9 Å². The molecule has 2 saturated heterocycles. The minimum absolute atomic E-state index is 0.0663. The van der Waals surface area contributed by atoms with Gasteiger partial charge in [0.25, 0.3) is 0 Å². The fourth-order valence-electron chi connectivity index (χ4n) is 7.50. The van der Waals surface area contributed by atoms with Gasteiger partial charge in [0.1, 0.15) is 28.6 Å². The van der Waals surface area contributed by atoms with Crippen LogP contribution in [-0.2, 0) is 17.9 Å². The molecule has 1 N–H and O–H groups in total. The zero-order valence-electron chi connectivity index (χ0n) is 29.5. The van der Waals surface area contributed by atoms with E-state index >= 15 is 0 Å². The SMILES string of the molecule is Cc1c(-c2nc3cc(CN4CCC4)c(OC(F)F)cc3o2)cccc1-c1cccc(-c2nc3cc(CN4CCC[C@H]4C(=O)O)c(OC(F)F)cc3o2)c1C. The number of hydrogen-bond acceptors (Lipinski definition) is 9. The lowest BCUT2D eigenvalue weighted by molar-refractivity contribution is -0.142. The summed E-state index contributed by atoms with van der Waals surface area (Å²) in [7, 11) is 0. The lowest BCUT2D eigenvalue weighted by Gasteiger charge is -2.31. The van der Waals surface area contributed by atoms with Gasteiger partial charge in [0.2, 0.25) is 11.8 Å². The van der Waals surface area contributed by atoms with Crippen LogP contribution in [-0.4, -0.2) is 69.7 Å². The highest BCUT2D eigenvalue weighted by Gasteiger charge is 2.32. The van der Waals surface area contributed by atoms with Crippen LogP contribution < -0.4 is 9.47 Å². The van der Waals surface area contributed by atoms with E-state index in [9.17, 15) is 27.5 Å². The highest BCUT2D eigenvalue weighted by atomic mass is 19.3. The molecule has 0 radical (unpaired) electrons. The molecule has 0 saturated carbocycles. The number of fused-ring (bicyclic) bond motifs is 2. The number of carboxylic acids is 1. The van der Waals surface area contributed by atoms with Gasteiger partial charge in [-0.15, -0.1) is 0 Å². The smallest absolute Gasteiger partial charge is 0.387 e. The molecule has 280 valence electrons. The Hall–Kier alpha value is -5.47. The summed E-state index contributed by atoms with van der Waals surface area (Å²) in [5.41, 5.74) is 7.42. The van der Waals surface area contributed by atoms with Crippen LogP contribution >= 0.6 is 0 Å². The summed E-state index contributed by atoms with van der Waals surface area (Å²) in [5, 5.41) is 9.65. The average molecular weight is 745 g/mol. The normalized spacial score (nSPS) is 16.6. The topological polar surface area (TPSA) is 114 Å². The van der Waals surface area contributed by atoms with Crippen LogP contribution in [0.5, 0.6) is 11.5 Å². The number of carbonyl (C=O) groups is 1. The summed E-state index contributed by atoms with van der Waals surface area (Å²) in [5.74, 6) is -0.378. The van der Waals surface area contributed by atoms with Gasteiger partial charge in [-0.2, -0.15) is 17.6 Å². The number of aromatic nitrogens is 2. The Labute approximate surface area is 306 Å². The number of hydrogen-bond donors (Lipinski definition) is 1. The molecule has 2 aliphatic heterocycles. The van der Waals surface area contributed by atoms with Gasteiger partial charge in [0.15, 0.2) is 11.2 Å². The highest BCUT2D eigenvalue weighted by Crippen LogP contribution is 2.40. The minimum Gasteiger partial charge on any atom is -0.480 e. The molecule has 2 aliphatic rings. The van der Waals surface area contributed by atoms with Crippen LogP contribution in [0.25, 0.3) is 56.2 Å². The number of benzene rings is 4. The van der Waals surface area contributed by atoms with Gasteiger partial charge in [0, 0.05) is 47.5 Å². The van der Waals surface area contributed by atoms with E-state index in [1.807, 2.05) is 50.2 Å². The van der Waals surface area contributed by atoms with E-state index in [1.54, 1.807) is 17.0 Å². The van der Waals surface area contributed by atoms with Crippen molar-refractivity contribution in [1.29, 1.82) is 0 Å². The van der Waals surface area contributed by atoms with E-state index in [0.29, 0.717) is 65.1 Å². The number of alkyl halides is 4. The Morgan fingerprint density at radius 3 is 1.72 bits per heavy atom. The van der Waals surface area contributed by atoms with Crippen molar-refractivity contribution >= 4 is 28.2 Å². The van der Waals surface area contributed by atoms with Gasteiger partial charge in [0.05, 0.1) is 0 Å². The maximum Gasteiger partial charge on any atom is 0.387 e. The molecule has 0 bridgehead atoms. The first-order valence-corrected chi connectivity index (χ1v) is 17.7. The van der Waals surface area contributed by atoms with Crippen LogP contribution in [0.2, 0.25) is 0 Å². The molecule has 14 heteroatoms. The van der Waals surface area contributed by atoms with E-state index in [-0.39, 0.29) is 29.5 Å². The number of halogens is 4. The van der Waals surface area contributed by atoms with Gasteiger partial charge < -0.3 is 23.4 Å². The van der Waals surface area contributed by atoms with E-state index in [2.05, 4.69) is 4.90 Å². The maximum absolute atomic E-state index is 13.5. The fraction of sp³-hybridized carbons (Fsp3) is 0.325. The lowest BCUT2D eigenvalue weighted by atomic mass is 9.91. The number of likely N-dealkylation sites (tertiary alicyclic amines) is 2. The molecular weight excluding hydrogens is 708 g/mol. The minimum atomic E-state index is -3.09. The van der Waals surface area contributed by atoms with Gasteiger partial charge in [-0.1, -0.05) is 24.3 Å². The van der Waals surface area contributed by atoms with Crippen LogP contribution in [0.15, 0.2) is 69.5 Å². The zero-order chi connectivity index (χ0) is 37.7. The monoisotopic (exact) mass is 744 g/mol. The summed E-state index contributed by atoms with van der Waals surface area (Å²) in [6, 6.07) is 17.0. The predicted octanol–water partition coefficient (Wildman–Crippen LogP) is 9.04. The molecule has 2 aromatic heterocycles. The standard InChI is InChI=1S/C40H36F4N4O6/c1-21-25(7-3-9-27(21)36-45-29-15-23(19-47-12-6-13-47)32(53-39(41)42)17-34(29)51-36)26-8-4-10-28(22(26)2)37-46-30-16-24(20-48-14-5-11-31(48)38(49)50)33(54-40(43)44)18-35(30)52-37/h3-4,7-10,15-18,31,39-40H,5-6,11-14,19-20H2,1-2H3,(H,49,50)/t31-/m0/s1.